The summed E-state index contributed by atoms with van der Waals surface area (Å²) in [4.78, 5) is 12.5. The van der Waals surface area contributed by atoms with E-state index in [0.717, 1.165) is 34.5 Å². The van der Waals surface area contributed by atoms with Crippen LogP contribution in [0.1, 0.15) is 42.9 Å². The zero-order valence-electron chi connectivity index (χ0n) is 14.4. The first-order valence-corrected chi connectivity index (χ1v) is 9.20. The summed E-state index contributed by atoms with van der Waals surface area (Å²) < 4.78 is 4.60. The van der Waals surface area contributed by atoms with Crippen molar-refractivity contribution >= 4 is 33.4 Å². The Balaban J connectivity index is 1.89. The number of aromatic nitrogens is 4. The number of aryl methyl sites for hydroxylation is 3. The van der Waals surface area contributed by atoms with Crippen LogP contribution in [0.5, 0.6) is 0 Å². The number of hydrogen-bond acceptors (Lipinski definition) is 3. The van der Waals surface area contributed by atoms with Crippen molar-refractivity contribution in [1.29, 1.82) is 0 Å². The van der Waals surface area contributed by atoms with E-state index in [0.29, 0.717) is 18.0 Å². The van der Waals surface area contributed by atoms with Gasteiger partial charge >= 0.3 is 0 Å². The second-order valence-electron chi connectivity index (χ2n) is 5.82. The Kier molecular flexibility index (Phi) is 6.46. The minimum atomic E-state index is -0.336. The first-order chi connectivity index (χ1) is 11.3. The molecule has 0 aliphatic carbocycles. The van der Waals surface area contributed by atoms with Crippen molar-refractivity contribution in [3.05, 3.63) is 32.8 Å². The van der Waals surface area contributed by atoms with Crippen LogP contribution >= 0.6 is 27.5 Å². The van der Waals surface area contributed by atoms with E-state index >= 15 is 0 Å². The van der Waals surface area contributed by atoms with E-state index in [2.05, 4.69) is 31.4 Å². The summed E-state index contributed by atoms with van der Waals surface area (Å²) in [7, 11) is 0. The molecule has 132 valence electrons. The van der Waals surface area contributed by atoms with Crippen molar-refractivity contribution in [3.63, 3.8) is 0 Å². The predicted molar refractivity (Wildman–Crippen MR) is 98.3 cm³/mol. The van der Waals surface area contributed by atoms with E-state index in [1.165, 1.54) is 0 Å². The molecular formula is C16H23BrClN5O. The van der Waals surface area contributed by atoms with Gasteiger partial charge < -0.3 is 5.32 Å². The summed E-state index contributed by atoms with van der Waals surface area (Å²) in [5.74, 6) is -0.0300. The van der Waals surface area contributed by atoms with Crippen molar-refractivity contribution in [2.75, 3.05) is 6.54 Å². The van der Waals surface area contributed by atoms with Gasteiger partial charge in [-0.05, 0) is 49.5 Å². The van der Waals surface area contributed by atoms with Crippen LogP contribution < -0.4 is 5.32 Å². The van der Waals surface area contributed by atoms with Crippen LogP contribution in [-0.2, 0) is 11.3 Å². The monoisotopic (exact) mass is 415 g/mol. The Labute approximate surface area is 155 Å². The molecule has 24 heavy (non-hydrogen) atoms. The van der Waals surface area contributed by atoms with Crippen LogP contribution in [0.15, 0.2) is 10.7 Å². The van der Waals surface area contributed by atoms with Gasteiger partial charge in [-0.2, -0.15) is 10.2 Å². The minimum absolute atomic E-state index is 0.0300. The van der Waals surface area contributed by atoms with Crippen LogP contribution in [0.25, 0.3) is 0 Å². The lowest BCUT2D eigenvalue weighted by atomic mass is 10.2. The van der Waals surface area contributed by atoms with Gasteiger partial charge in [0.2, 0.25) is 5.91 Å². The second kappa shape index (κ2) is 8.16. The molecular weight excluding hydrogens is 394 g/mol. The van der Waals surface area contributed by atoms with Crippen LogP contribution in [-0.4, -0.2) is 32.0 Å². The van der Waals surface area contributed by atoms with Gasteiger partial charge in [0, 0.05) is 19.3 Å². The summed E-state index contributed by atoms with van der Waals surface area (Å²) in [6.45, 7) is 9.01. The van der Waals surface area contributed by atoms with Crippen molar-refractivity contribution in [1.82, 2.24) is 24.9 Å². The Hall–Kier alpha value is -1.34. The van der Waals surface area contributed by atoms with E-state index in [9.17, 15) is 4.79 Å². The SMILES string of the molecule is CCC(C(=O)NCCCn1cc(Br)c(C)n1)n1nc(C)c(Cl)c1C. The third-order valence-corrected chi connectivity index (χ3v) is 5.30. The molecule has 2 aromatic heterocycles. The van der Waals surface area contributed by atoms with Crippen molar-refractivity contribution in [2.45, 2.75) is 53.1 Å². The van der Waals surface area contributed by atoms with Gasteiger partial charge in [-0.25, -0.2) is 0 Å². The van der Waals surface area contributed by atoms with Crippen LogP contribution in [0.4, 0.5) is 0 Å². The fourth-order valence-corrected chi connectivity index (χ4v) is 3.03. The van der Waals surface area contributed by atoms with Gasteiger partial charge in [0.1, 0.15) is 6.04 Å². The fourth-order valence-electron chi connectivity index (χ4n) is 2.59. The number of amides is 1. The number of nitrogens with one attached hydrogen (secondary N) is 1. The molecule has 0 aliphatic rings. The maximum Gasteiger partial charge on any atom is 0.244 e. The molecule has 0 spiro atoms. The summed E-state index contributed by atoms with van der Waals surface area (Å²) in [5.41, 5.74) is 2.54. The summed E-state index contributed by atoms with van der Waals surface area (Å²) in [6, 6.07) is -0.336. The Morgan fingerprint density at radius 1 is 1.33 bits per heavy atom. The van der Waals surface area contributed by atoms with Gasteiger partial charge in [-0.15, -0.1) is 0 Å². The molecule has 2 heterocycles. The fraction of sp³-hybridized carbons (Fsp3) is 0.562. The highest BCUT2D eigenvalue weighted by Gasteiger charge is 2.22. The predicted octanol–water partition coefficient (Wildman–Crippen LogP) is 3.58. The summed E-state index contributed by atoms with van der Waals surface area (Å²) >= 11 is 9.63. The summed E-state index contributed by atoms with van der Waals surface area (Å²) in [5, 5.41) is 12.4. The lowest BCUT2D eigenvalue weighted by molar-refractivity contribution is -0.124. The first-order valence-electron chi connectivity index (χ1n) is 8.03. The number of hydrogen-bond donors (Lipinski definition) is 1. The largest absolute Gasteiger partial charge is 0.354 e. The molecule has 8 heteroatoms. The van der Waals surface area contributed by atoms with Gasteiger partial charge in [-0.1, -0.05) is 18.5 Å². The van der Waals surface area contributed by atoms with E-state index in [4.69, 9.17) is 11.6 Å². The highest BCUT2D eigenvalue weighted by Crippen LogP contribution is 2.23. The molecule has 0 saturated heterocycles. The molecule has 0 radical (unpaired) electrons. The molecule has 2 aromatic rings. The van der Waals surface area contributed by atoms with E-state index in [-0.39, 0.29) is 11.9 Å². The molecule has 0 aliphatic heterocycles. The molecule has 1 atom stereocenters. The van der Waals surface area contributed by atoms with Gasteiger partial charge in [0.15, 0.2) is 0 Å². The maximum absolute atomic E-state index is 12.5. The van der Waals surface area contributed by atoms with Crippen LogP contribution in [0.3, 0.4) is 0 Å². The smallest absolute Gasteiger partial charge is 0.244 e. The molecule has 0 bridgehead atoms. The van der Waals surface area contributed by atoms with Crippen molar-refractivity contribution < 1.29 is 4.79 Å². The zero-order valence-corrected chi connectivity index (χ0v) is 16.8. The molecule has 0 aromatic carbocycles. The van der Waals surface area contributed by atoms with E-state index < -0.39 is 0 Å². The van der Waals surface area contributed by atoms with Gasteiger partial charge in [-0.3, -0.25) is 14.2 Å². The number of carbonyl (C=O) groups excluding carboxylic acids is 1. The van der Waals surface area contributed by atoms with Gasteiger partial charge in [0.05, 0.1) is 26.6 Å². The number of carbonyl (C=O) groups is 1. The third-order valence-electron chi connectivity index (χ3n) is 3.97. The average Bonchev–Trinajstić information content (AvgIpc) is 2.99. The lowest BCUT2D eigenvalue weighted by Crippen LogP contribution is -2.34. The van der Waals surface area contributed by atoms with Gasteiger partial charge in [0.25, 0.3) is 0 Å². The van der Waals surface area contributed by atoms with Crippen LogP contribution in [0, 0.1) is 20.8 Å². The second-order valence-corrected chi connectivity index (χ2v) is 7.06. The van der Waals surface area contributed by atoms with E-state index in [1.54, 1.807) is 4.68 Å². The quantitative estimate of drug-likeness (QED) is 0.702. The van der Waals surface area contributed by atoms with Crippen molar-refractivity contribution in [3.8, 4) is 0 Å². The average molecular weight is 417 g/mol. The molecule has 1 N–H and O–H groups in total. The highest BCUT2D eigenvalue weighted by atomic mass is 79.9. The molecule has 0 saturated carbocycles. The molecule has 0 fully saturated rings. The number of halogens is 2. The molecule has 1 unspecified atom stereocenters. The standard InChI is InChI=1S/C16H23BrClN5O/c1-5-14(23-12(4)15(18)11(3)21-23)16(24)19-7-6-8-22-9-13(17)10(2)20-22/h9,14H,5-8H2,1-4H3,(H,19,24). The molecule has 2 rings (SSSR count). The minimum Gasteiger partial charge on any atom is -0.354 e. The Morgan fingerprint density at radius 3 is 2.54 bits per heavy atom. The third kappa shape index (κ3) is 4.19. The normalized spacial score (nSPS) is 12.4. The maximum atomic E-state index is 12.5. The molecule has 6 nitrogen and oxygen atoms in total. The summed E-state index contributed by atoms with van der Waals surface area (Å²) in [6.07, 6.45) is 3.42. The van der Waals surface area contributed by atoms with Crippen LogP contribution in [0.2, 0.25) is 5.02 Å². The van der Waals surface area contributed by atoms with Crippen molar-refractivity contribution in [2.24, 2.45) is 0 Å². The highest BCUT2D eigenvalue weighted by molar-refractivity contribution is 9.10. The number of rotatable bonds is 7. The topological polar surface area (TPSA) is 64.7 Å². The Bertz CT molecular complexity index is 705. The first kappa shape index (κ1) is 19.0. The Morgan fingerprint density at radius 2 is 2.04 bits per heavy atom. The lowest BCUT2D eigenvalue weighted by Gasteiger charge is -2.17. The molecule has 1 amide bonds. The zero-order chi connectivity index (χ0) is 17.9. The van der Waals surface area contributed by atoms with E-state index in [1.807, 2.05) is 38.6 Å². The number of nitrogens with zero attached hydrogens (tertiary/aromatic N) is 4.